The van der Waals surface area contributed by atoms with Crippen molar-refractivity contribution in [2.75, 3.05) is 0 Å². The highest BCUT2D eigenvalue weighted by atomic mass is 19.2. The molecule has 0 atom stereocenters. The molecule has 0 unspecified atom stereocenters. The van der Waals surface area contributed by atoms with Crippen LogP contribution < -0.4 is 0 Å². The first-order chi connectivity index (χ1) is 6.27. The molecule has 0 saturated heterocycles. The van der Waals surface area contributed by atoms with Crippen molar-refractivity contribution in [3.05, 3.63) is 48.2 Å². The monoisotopic (exact) mass is 179 g/mol. The van der Waals surface area contributed by atoms with Crippen molar-refractivity contribution in [3.63, 3.8) is 0 Å². The topological polar surface area (TPSA) is 13.1 Å². The summed E-state index contributed by atoms with van der Waals surface area (Å²) < 4.78 is 30.2. The van der Waals surface area contributed by atoms with Gasteiger partial charge in [-0.1, -0.05) is 0 Å². The molecule has 3 heteroatoms. The van der Waals surface area contributed by atoms with Gasteiger partial charge in [0.15, 0.2) is 17.9 Å². The van der Waals surface area contributed by atoms with Gasteiger partial charge in [0.1, 0.15) is 5.76 Å². The number of rotatable bonds is 1. The van der Waals surface area contributed by atoms with E-state index in [0.717, 1.165) is 12.1 Å². The Morgan fingerprint density at radius 1 is 1.08 bits per heavy atom. The van der Waals surface area contributed by atoms with Crippen LogP contribution in [0, 0.1) is 17.9 Å². The number of hydrogen-bond donors (Lipinski definition) is 0. The van der Waals surface area contributed by atoms with E-state index in [1.807, 2.05) is 0 Å². The number of furan rings is 1. The number of hydrogen-bond acceptors (Lipinski definition) is 1. The van der Waals surface area contributed by atoms with Gasteiger partial charge in [-0.3, -0.25) is 0 Å². The predicted molar refractivity (Wildman–Crippen MR) is 42.9 cm³/mol. The van der Waals surface area contributed by atoms with Crippen molar-refractivity contribution >= 4 is 0 Å². The van der Waals surface area contributed by atoms with Crippen LogP contribution in [0.25, 0.3) is 11.3 Å². The van der Waals surface area contributed by atoms with Gasteiger partial charge in [0.05, 0.1) is 0 Å². The molecule has 0 bridgehead atoms. The summed E-state index contributed by atoms with van der Waals surface area (Å²) in [5.74, 6) is -1.27. The molecule has 1 radical (unpaired) electrons. The van der Waals surface area contributed by atoms with Gasteiger partial charge in [-0.15, -0.1) is 0 Å². The summed E-state index contributed by atoms with van der Waals surface area (Å²) >= 11 is 0. The summed E-state index contributed by atoms with van der Waals surface area (Å²) in [6.45, 7) is 0. The average molecular weight is 179 g/mol. The number of benzene rings is 1. The summed E-state index contributed by atoms with van der Waals surface area (Å²) in [5.41, 5.74) is 0.500. The fourth-order valence-corrected chi connectivity index (χ4v) is 1.05. The normalized spacial score (nSPS) is 10.3. The Labute approximate surface area is 73.6 Å². The van der Waals surface area contributed by atoms with E-state index >= 15 is 0 Å². The van der Waals surface area contributed by atoms with Gasteiger partial charge in [-0.2, -0.15) is 0 Å². The first kappa shape index (κ1) is 7.98. The third-order valence-corrected chi connectivity index (χ3v) is 1.68. The first-order valence-corrected chi connectivity index (χ1v) is 3.68. The summed E-state index contributed by atoms with van der Waals surface area (Å²) in [7, 11) is 0. The molecule has 0 saturated carbocycles. The second kappa shape index (κ2) is 3.01. The van der Waals surface area contributed by atoms with E-state index in [9.17, 15) is 8.78 Å². The maximum absolute atomic E-state index is 12.7. The summed E-state index contributed by atoms with van der Waals surface area (Å²) in [5, 5.41) is 0. The quantitative estimate of drug-likeness (QED) is 0.655. The third-order valence-electron chi connectivity index (χ3n) is 1.68. The second-order valence-corrected chi connectivity index (χ2v) is 2.55. The predicted octanol–water partition coefficient (Wildman–Crippen LogP) is 3.02. The fourth-order valence-electron chi connectivity index (χ4n) is 1.05. The second-order valence-electron chi connectivity index (χ2n) is 2.55. The van der Waals surface area contributed by atoms with Crippen LogP contribution in [0.15, 0.2) is 34.7 Å². The van der Waals surface area contributed by atoms with Crippen LogP contribution in [0.5, 0.6) is 0 Å². The molecule has 13 heavy (non-hydrogen) atoms. The zero-order valence-corrected chi connectivity index (χ0v) is 6.55. The molecule has 2 aromatic rings. The van der Waals surface area contributed by atoms with Gasteiger partial charge in [-0.05, 0) is 30.3 Å². The Bertz CT molecular complexity index is 407. The van der Waals surface area contributed by atoms with Gasteiger partial charge in [0.2, 0.25) is 0 Å². The molecule has 1 aromatic carbocycles. The van der Waals surface area contributed by atoms with E-state index in [4.69, 9.17) is 4.42 Å². The minimum Gasteiger partial charge on any atom is -0.453 e. The highest BCUT2D eigenvalue weighted by Crippen LogP contribution is 2.21. The van der Waals surface area contributed by atoms with Crippen molar-refractivity contribution < 1.29 is 13.2 Å². The van der Waals surface area contributed by atoms with Crippen LogP contribution in [0.4, 0.5) is 8.78 Å². The molecule has 1 aromatic heterocycles. The molecular formula is C10H5F2O. The Kier molecular flexibility index (Phi) is 1.85. The molecule has 65 valence electrons. The largest absolute Gasteiger partial charge is 0.453 e. The molecule has 0 aliphatic rings. The lowest BCUT2D eigenvalue weighted by Gasteiger charge is -1.96. The van der Waals surface area contributed by atoms with Crippen LogP contribution in [-0.2, 0) is 0 Å². The molecule has 0 aliphatic heterocycles. The minimum atomic E-state index is -0.881. The van der Waals surface area contributed by atoms with Crippen LogP contribution in [0.2, 0.25) is 0 Å². The van der Waals surface area contributed by atoms with Crippen LogP contribution in [-0.4, -0.2) is 0 Å². The zero-order chi connectivity index (χ0) is 9.26. The smallest absolute Gasteiger partial charge is 0.170 e. The van der Waals surface area contributed by atoms with Crippen molar-refractivity contribution in [1.82, 2.24) is 0 Å². The van der Waals surface area contributed by atoms with E-state index in [1.165, 1.54) is 6.07 Å². The fraction of sp³-hybridized carbons (Fsp3) is 0. The molecule has 0 fully saturated rings. The molecule has 1 heterocycles. The lowest BCUT2D eigenvalue weighted by atomic mass is 10.2. The Morgan fingerprint density at radius 2 is 1.92 bits per heavy atom. The lowest BCUT2D eigenvalue weighted by Crippen LogP contribution is -1.83. The number of halogens is 2. The van der Waals surface area contributed by atoms with Crippen LogP contribution in [0.3, 0.4) is 0 Å². The molecule has 0 N–H and O–H groups in total. The molecule has 1 nitrogen and oxygen atoms in total. The summed E-state index contributed by atoms with van der Waals surface area (Å²) in [4.78, 5) is 0. The van der Waals surface area contributed by atoms with Gasteiger partial charge in [-0.25, -0.2) is 8.78 Å². The summed E-state index contributed by atoms with van der Waals surface area (Å²) in [6.07, 6.45) is 2.47. The van der Waals surface area contributed by atoms with E-state index in [0.29, 0.717) is 11.3 Å². The van der Waals surface area contributed by atoms with Crippen molar-refractivity contribution in [1.29, 1.82) is 0 Å². The van der Waals surface area contributed by atoms with Crippen molar-refractivity contribution in [2.24, 2.45) is 0 Å². The Balaban J connectivity index is 2.49. The molecular weight excluding hydrogens is 174 g/mol. The lowest BCUT2D eigenvalue weighted by molar-refractivity contribution is 0.507. The highest BCUT2D eigenvalue weighted by molar-refractivity contribution is 5.56. The molecule has 0 spiro atoms. The van der Waals surface area contributed by atoms with E-state index in [-0.39, 0.29) is 0 Å². The average Bonchev–Trinajstić information content (AvgIpc) is 2.62. The van der Waals surface area contributed by atoms with Crippen molar-refractivity contribution in [2.45, 2.75) is 0 Å². The Hall–Kier alpha value is -1.64. The zero-order valence-electron chi connectivity index (χ0n) is 6.55. The third kappa shape index (κ3) is 1.45. The highest BCUT2D eigenvalue weighted by Gasteiger charge is 2.05. The van der Waals surface area contributed by atoms with E-state index in [1.54, 1.807) is 12.1 Å². The Morgan fingerprint density at radius 3 is 2.54 bits per heavy atom. The van der Waals surface area contributed by atoms with Gasteiger partial charge >= 0.3 is 0 Å². The van der Waals surface area contributed by atoms with E-state index < -0.39 is 11.6 Å². The molecule has 2 rings (SSSR count). The minimum absolute atomic E-state index is 0.471. The van der Waals surface area contributed by atoms with Gasteiger partial charge in [0.25, 0.3) is 0 Å². The van der Waals surface area contributed by atoms with Gasteiger partial charge < -0.3 is 4.42 Å². The summed E-state index contributed by atoms with van der Waals surface area (Å²) in [6, 6.07) is 6.80. The standard InChI is InChI=1S/C10H5F2O/c11-8-4-3-7(6-9(8)12)10-2-1-5-13-10/h1-4,6H. The van der Waals surface area contributed by atoms with Crippen molar-refractivity contribution in [3.8, 4) is 11.3 Å². The maximum atomic E-state index is 12.7. The maximum Gasteiger partial charge on any atom is 0.170 e. The van der Waals surface area contributed by atoms with Crippen LogP contribution >= 0.6 is 0 Å². The van der Waals surface area contributed by atoms with E-state index in [2.05, 4.69) is 6.26 Å². The molecule has 0 aliphatic carbocycles. The van der Waals surface area contributed by atoms with Gasteiger partial charge in [0, 0.05) is 5.56 Å². The first-order valence-electron chi connectivity index (χ1n) is 3.68. The molecule has 0 amide bonds. The van der Waals surface area contributed by atoms with Crippen LogP contribution in [0.1, 0.15) is 0 Å². The SMILES string of the molecule is Fc1ccc(-c2cc[c]o2)cc1F.